The highest BCUT2D eigenvalue weighted by Crippen LogP contribution is 2.29. The fourth-order valence-corrected chi connectivity index (χ4v) is 2.28. The number of aromatic nitrogens is 2. The van der Waals surface area contributed by atoms with E-state index >= 15 is 0 Å². The Morgan fingerprint density at radius 2 is 2.00 bits per heavy atom. The predicted molar refractivity (Wildman–Crippen MR) is 70.3 cm³/mol. The third-order valence-corrected chi connectivity index (χ3v) is 3.53. The zero-order chi connectivity index (χ0) is 17.4. The first-order chi connectivity index (χ1) is 10.6. The summed E-state index contributed by atoms with van der Waals surface area (Å²) in [5.74, 6) is -0.345. The van der Waals surface area contributed by atoms with Gasteiger partial charge in [-0.2, -0.15) is 18.2 Å². The number of aliphatic hydroxyl groups is 3. The van der Waals surface area contributed by atoms with Gasteiger partial charge in [-0.15, -0.1) is 0 Å². The first kappa shape index (κ1) is 17.7. The summed E-state index contributed by atoms with van der Waals surface area (Å²) in [7, 11) is 0. The number of halogens is 3. The van der Waals surface area contributed by atoms with E-state index in [1.54, 1.807) is 0 Å². The monoisotopic (exact) mass is 339 g/mol. The number of alkyl halides is 3. The maximum atomic E-state index is 12.3. The fourth-order valence-electron chi connectivity index (χ4n) is 2.28. The normalized spacial score (nSPS) is 28.3. The first-order valence-corrected chi connectivity index (χ1v) is 6.71. The summed E-state index contributed by atoms with van der Waals surface area (Å²) in [5, 5.41) is 28.6. The lowest BCUT2D eigenvalue weighted by atomic mass is 10.1. The zero-order valence-electron chi connectivity index (χ0n) is 11.8. The van der Waals surface area contributed by atoms with Crippen LogP contribution in [0.3, 0.4) is 0 Å². The van der Waals surface area contributed by atoms with Crippen molar-refractivity contribution in [2.24, 2.45) is 0 Å². The topological polar surface area (TPSA) is 131 Å². The van der Waals surface area contributed by atoms with Crippen LogP contribution in [0.5, 0.6) is 0 Å². The van der Waals surface area contributed by atoms with E-state index in [1.807, 2.05) is 0 Å². The van der Waals surface area contributed by atoms with Gasteiger partial charge >= 0.3 is 11.9 Å². The van der Waals surface area contributed by atoms with Gasteiger partial charge in [0.05, 0.1) is 6.61 Å². The summed E-state index contributed by atoms with van der Waals surface area (Å²) in [6, 6.07) is 0. The molecule has 2 rings (SSSR count). The van der Waals surface area contributed by atoms with E-state index in [2.05, 4.69) is 4.98 Å². The van der Waals surface area contributed by atoms with E-state index in [0.29, 0.717) is 0 Å². The number of nitrogen functional groups attached to an aromatic ring is 1. The molecule has 1 fully saturated rings. The van der Waals surface area contributed by atoms with Gasteiger partial charge in [0.2, 0.25) is 0 Å². The minimum Gasteiger partial charge on any atom is -0.394 e. The molecular formula is C12H16F3N3O5. The second-order valence-electron chi connectivity index (χ2n) is 5.19. The zero-order valence-corrected chi connectivity index (χ0v) is 11.8. The van der Waals surface area contributed by atoms with Crippen LogP contribution in [0.1, 0.15) is 18.2 Å². The highest BCUT2D eigenvalue weighted by molar-refractivity contribution is 5.37. The van der Waals surface area contributed by atoms with Crippen LogP contribution < -0.4 is 11.4 Å². The van der Waals surface area contributed by atoms with Crippen LogP contribution in [0.15, 0.2) is 11.0 Å². The number of aryl methyl sites for hydroxylation is 1. The number of hydrogen-bond acceptors (Lipinski definition) is 7. The molecule has 2 heterocycles. The van der Waals surface area contributed by atoms with Gasteiger partial charge in [0.25, 0.3) is 0 Å². The van der Waals surface area contributed by atoms with Crippen LogP contribution in [-0.2, 0) is 11.2 Å². The van der Waals surface area contributed by atoms with E-state index in [1.165, 1.54) is 0 Å². The van der Waals surface area contributed by atoms with Crippen molar-refractivity contribution in [2.75, 3.05) is 12.3 Å². The molecule has 23 heavy (non-hydrogen) atoms. The van der Waals surface area contributed by atoms with E-state index < -0.39 is 55.9 Å². The fraction of sp³-hybridized carbons (Fsp3) is 0.667. The summed E-state index contributed by atoms with van der Waals surface area (Å²) in [4.78, 5) is 15.3. The quantitative estimate of drug-likeness (QED) is 0.549. The number of ether oxygens (including phenoxy) is 1. The van der Waals surface area contributed by atoms with Gasteiger partial charge in [-0.1, -0.05) is 0 Å². The number of rotatable bonds is 4. The molecule has 1 aromatic heterocycles. The van der Waals surface area contributed by atoms with Crippen molar-refractivity contribution in [1.82, 2.24) is 9.55 Å². The van der Waals surface area contributed by atoms with Gasteiger partial charge < -0.3 is 25.8 Å². The van der Waals surface area contributed by atoms with Crippen molar-refractivity contribution in [3.63, 3.8) is 0 Å². The molecule has 1 aliphatic heterocycles. The third kappa shape index (κ3) is 3.80. The molecule has 0 amide bonds. The van der Waals surface area contributed by atoms with Crippen LogP contribution >= 0.6 is 0 Å². The molecule has 1 aliphatic rings. The smallest absolute Gasteiger partial charge is 0.389 e. The molecule has 1 saturated heterocycles. The standard InChI is InChI=1S/C12H16F3N3O5/c13-12(14,15)2-1-5-3-18(11(22)17-9(5)16)10-8(21)7(20)6(4-19)23-10/h3,6-8,10,19-21H,1-2,4H2,(H2,16,17,22)/t6-,7?,8?,10-/m1/s1. The van der Waals surface area contributed by atoms with Gasteiger partial charge in [-0.25, -0.2) is 4.79 Å². The number of hydrogen-bond donors (Lipinski definition) is 4. The van der Waals surface area contributed by atoms with Gasteiger partial charge in [-0.05, 0) is 6.42 Å². The van der Waals surface area contributed by atoms with Crippen molar-refractivity contribution >= 4 is 5.82 Å². The molecule has 2 unspecified atom stereocenters. The van der Waals surface area contributed by atoms with Gasteiger partial charge in [0.1, 0.15) is 24.1 Å². The van der Waals surface area contributed by atoms with Crippen molar-refractivity contribution in [2.45, 2.75) is 43.6 Å². The Morgan fingerprint density at radius 1 is 1.35 bits per heavy atom. The maximum Gasteiger partial charge on any atom is 0.389 e. The summed E-state index contributed by atoms with van der Waals surface area (Å²) in [6.45, 7) is -0.604. The Hall–Kier alpha value is -1.69. The third-order valence-electron chi connectivity index (χ3n) is 3.53. The highest BCUT2D eigenvalue weighted by atomic mass is 19.4. The molecule has 0 aromatic carbocycles. The number of nitrogens with zero attached hydrogens (tertiary/aromatic N) is 2. The molecule has 0 bridgehead atoms. The number of aliphatic hydroxyl groups excluding tert-OH is 3. The van der Waals surface area contributed by atoms with Gasteiger partial charge in [0.15, 0.2) is 6.23 Å². The average Bonchev–Trinajstić information content (AvgIpc) is 2.73. The van der Waals surface area contributed by atoms with Gasteiger partial charge in [0, 0.05) is 18.2 Å². The Balaban J connectivity index is 2.31. The Kier molecular flexibility index (Phi) is 4.94. The predicted octanol–water partition coefficient (Wildman–Crippen LogP) is -1.07. The van der Waals surface area contributed by atoms with E-state index in [9.17, 15) is 28.2 Å². The lowest BCUT2D eigenvalue weighted by Gasteiger charge is -2.18. The molecule has 0 spiro atoms. The SMILES string of the molecule is Nc1nc(=O)n([C@@H]2O[C@H](CO)C(O)C2O)cc1CCC(F)(F)F. The molecule has 0 saturated carbocycles. The van der Waals surface area contributed by atoms with Crippen molar-refractivity contribution in [1.29, 1.82) is 0 Å². The molecule has 8 nitrogen and oxygen atoms in total. The second kappa shape index (κ2) is 6.43. The Morgan fingerprint density at radius 3 is 2.52 bits per heavy atom. The summed E-state index contributed by atoms with van der Waals surface area (Å²) in [6.07, 6.45) is -10.6. The van der Waals surface area contributed by atoms with Crippen LogP contribution in [0, 0.1) is 0 Å². The van der Waals surface area contributed by atoms with E-state index in [4.69, 9.17) is 15.6 Å². The van der Waals surface area contributed by atoms with Crippen molar-refractivity contribution in [3.05, 3.63) is 22.2 Å². The number of nitrogens with two attached hydrogens (primary N) is 1. The molecule has 130 valence electrons. The lowest BCUT2D eigenvalue weighted by molar-refractivity contribution is -0.134. The maximum absolute atomic E-state index is 12.3. The molecule has 0 aliphatic carbocycles. The largest absolute Gasteiger partial charge is 0.394 e. The summed E-state index contributed by atoms with van der Waals surface area (Å²) in [5.41, 5.74) is 4.46. The highest BCUT2D eigenvalue weighted by Gasteiger charge is 2.44. The lowest BCUT2D eigenvalue weighted by Crippen LogP contribution is -2.36. The van der Waals surface area contributed by atoms with Crippen LogP contribution in [0.25, 0.3) is 0 Å². The van der Waals surface area contributed by atoms with E-state index in [-0.39, 0.29) is 11.4 Å². The van der Waals surface area contributed by atoms with E-state index in [0.717, 1.165) is 10.8 Å². The molecule has 11 heteroatoms. The number of anilines is 1. The molecule has 5 N–H and O–H groups in total. The van der Waals surface area contributed by atoms with Crippen LogP contribution in [0.2, 0.25) is 0 Å². The second-order valence-corrected chi connectivity index (χ2v) is 5.19. The molecule has 1 aromatic rings. The van der Waals surface area contributed by atoms with Gasteiger partial charge in [-0.3, -0.25) is 4.57 Å². The molecule has 0 radical (unpaired) electrons. The molecule has 4 atom stereocenters. The minimum atomic E-state index is -4.41. The Bertz CT molecular complexity index is 621. The minimum absolute atomic E-state index is 0.0420. The van der Waals surface area contributed by atoms with Crippen LogP contribution in [0.4, 0.5) is 19.0 Å². The Labute approximate surface area is 127 Å². The van der Waals surface area contributed by atoms with Crippen molar-refractivity contribution < 1.29 is 33.2 Å². The first-order valence-electron chi connectivity index (χ1n) is 6.71. The molecular weight excluding hydrogens is 323 g/mol. The van der Waals surface area contributed by atoms with Crippen molar-refractivity contribution in [3.8, 4) is 0 Å². The van der Waals surface area contributed by atoms with Crippen LogP contribution in [-0.4, -0.2) is 56.0 Å². The average molecular weight is 339 g/mol. The summed E-state index contributed by atoms with van der Waals surface area (Å²) < 4.78 is 42.8. The summed E-state index contributed by atoms with van der Waals surface area (Å²) >= 11 is 0.